The molecule has 1 aromatic rings. The Hall–Kier alpha value is -1.64. The minimum atomic E-state index is -0.931. The fourth-order valence-corrected chi connectivity index (χ4v) is 2.11. The third kappa shape index (κ3) is 1.97. The minimum absolute atomic E-state index is 0.277. The van der Waals surface area contributed by atoms with Crippen LogP contribution in [0.5, 0.6) is 0 Å². The molecule has 90 valence electrons. The molecule has 0 aromatic heterocycles. The second-order valence-corrected chi connectivity index (χ2v) is 4.91. The molecule has 0 spiro atoms. The van der Waals surface area contributed by atoms with Crippen molar-refractivity contribution in [2.24, 2.45) is 5.41 Å². The van der Waals surface area contributed by atoms with Crippen molar-refractivity contribution in [3.63, 3.8) is 0 Å². The number of rotatable bonds is 2. The second-order valence-electron chi connectivity index (χ2n) is 4.91. The lowest BCUT2D eigenvalue weighted by Crippen LogP contribution is -2.27. The molecule has 2 rings (SSSR count). The van der Waals surface area contributed by atoms with Gasteiger partial charge in [0.15, 0.2) is 0 Å². The van der Waals surface area contributed by atoms with Gasteiger partial charge in [0.1, 0.15) is 5.82 Å². The van der Waals surface area contributed by atoms with Crippen LogP contribution in [0, 0.1) is 11.2 Å². The molecule has 0 amide bonds. The Kier molecular flexibility index (Phi) is 2.77. The van der Waals surface area contributed by atoms with Crippen LogP contribution in [0.15, 0.2) is 23.8 Å². The molecule has 0 fully saturated rings. The number of aliphatic carboxylic acids is 1. The Bertz CT molecular complexity index is 501. The van der Waals surface area contributed by atoms with E-state index in [4.69, 9.17) is 0 Å². The number of carboxylic acids is 1. The van der Waals surface area contributed by atoms with Crippen LogP contribution in [-0.4, -0.2) is 11.1 Å². The highest BCUT2D eigenvalue weighted by atomic mass is 19.1. The van der Waals surface area contributed by atoms with Gasteiger partial charge in [-0.2, -0.15) is 0 Å². The Morgan fingerprint density at radius 3 is 2.71 bits per heavy atom. The van der Waals surface area contributed by atoms with E-state index in [2.05, 4.69) is 0 Å². The SMILES string of the molecule is CC(C)(C(=O)O)C1=Cc2c(F)cccc2CC1. The Labute approximate surface area is 99.8 Å². The Morgan fingerprint density at radius 2 is 2.06 bits per heavy atom. The number of benzene rings is 1. The van der Waals surface area contributed by atoms with Gasteiger partial charge in [0.2, 0.25) is 0 Å². The van der Waals surface area contributed by atoms with E-state index >= 15 is 0 Å². The normalized spacial score (nSPS) is 15.1. The summed E-state index contributed by atoms with van der Waals surface area (Å²) >= 11 is 0. The van der Waals surface area contributed by atoms with E-state index in [9.17, 15) is 14.3 Å². The van der Waals surface area contributed by atoms with Crippen molar-refractivity contribution in [3.8, 4) is 0 Å². The van der Waals surface area contributed by atoms with Gasteiger partial charge in [-0.1, -0.05) is 23.8 Å². The number of carboxylic acid groups (broad SMARTS) is 1. The summed E-state index contributed by atoms with van der Waals surface area (Å²) in [4.78, 5) is 11.2. The summed E-state index contributed by atoms with van der Waals surface area (Å²) in [5.41, 5.74) is 1.35. The van der Waals surface area contributed by atoms with Crippen LogP contribution >= 0.6 is 0 Å². The highest BCUT2D eigenvalue weighted by molar-refractivity contribution is 5.80. The maximum absolute atomic E-state index is 13.6. The highest BCUT2D eigenvalue weighted by Gasteiger charge is 2.33. The molecule has 0 bridgehead atoms. The van der Waals surface area contributed by atoms with Gasteiger partial charge in [-0.15, -0.1) is 0 Å². The molecule has 1 N–H and O–H groups in total. The quantitative estimate of drug-likeness (QED) is 0.852. The third-order valence-corrected chi connectivity index (χ3v) is 3.46. The molecule has 17 heavy (non-hydrogen) atoms. The Balaban J connectivity index is 2.49. The van der Waals surface area contributed by atoms with Gasteiger partial charge in [-0.25, -0.2) is 4.39 Å². The summed E-state index contributed by atoms with van der Waals surface area (Å²) in [6.07, 6.45) is 3.08. The zero-order valence-electron chi connectivity index (χ0n) is 9.96. The second kappa shape index (κ2) is 3.99. The monoisotopic (exact) mass is 234 g/mol. The first-order valence-corrected chi connectivity index (χ1v) is 5.65. The molecule has 1 aliphatic rings. The standard InChI is InChI=1S/C14H15FO2/c1-14(2,13(16)17)10-7-6-9-4-3-5-12(15)11(9)8-10/h3-5,8H,6-7H2,1-2H3,(H,16,17). The van der Waals surface area contributed by atoms with E-state index < -0.39 is 11.4 Å². The van der Waals surface area contributed by atoms with Crippen LogP contribution in [0.25, 0.3) is 6.08 Å². The van der Waals surface area contributed by atoms with Crippen molar-refractivity contribution in [1.29, 1.82) is 0 Å². The minimum Gasteiger partial charge on any atom is -0.481 e. The molecule has 2 nitrogen and oxygen atoms in total. The van der Waals surface area contributed by atoms with Crippen molar-refractivity contribution in [1.82, 2.24) is 0 Å². The number of fused-ring (bicyclic) bond motifs is 1. The molecule has 0 unspecified atom stereocenters. The van der Waals surface area contributed by atoms with E-state index in [1.807, 2.05) is 6.07 Å². The summed E-state index contributed by atoms with van der Waals surface area (Å²) in [6, 6.07) is 4.99. The van der Waals surface area contributed by atoms with Gasteiger partial charge < -0.3 is 5.11 Å². The molecule has 0 saturated carbocycles. The van der Waals surface area contributed by atoms with Crippen LogP contribution < -0.4 is 0 Å². The van der Waals surface area contributed by atoms with E-state index in [0.717, 1.165) is 11.1 Å². The molecule has 0 saturated heterocycles. The van der Waals surface area contributed by atoms with Crippen molar-refractivity contribution < 1.29 is 14.3 Å². The molecule has 0 aliphatic heterocycles. The molecule has 1 aliphatic carbocycles. The van der Waals surface area contributed by atoms with Gasteiger partial charge in [-0.3, -0.25) is 4.79 Å². The predicted molar refractivity (Wildman–Crippen MR) is 64.1 cm³/mol. The smallest absolute Gasteiger partial charge is 0.313 e. The number of halogens is 1. The lowest BCUT2D eigenvalue weighted by molar-refractivity contribution is -0.144. The first-order chi connectivity index (χ1) is 7.93. The Morgan fingerprint density at radius 1 is 1.35 bits per heavy atom. The maximum Gasteiger partial charge on any atom is 0.313 e. The first-order valence-electron chi connectivity index (χ1n) is 5.65. The van der Waals surface area contributed by atoms with Crippen LogP contribution in [0.3, 0.4) is 0 Å². The molecular formula is C14H15FO2. The van der Waals surface area contributed by atoms with Crippen molar-refractivity contribution >= 4 is 12.0 Å². The fraction of sp³-hybridized carbons (Fsp3) is 0.357. The molecule has 3 heteroatoms. The van der Waals surface area contributed by atoms with Gasteiger partial charge in [0, 0.05) is 5.56 Å². The van der Waals surface area contributed by atoms with Gasteiger partial charge in [0.25, 0.3) is 0 Å². The third-order valence-electron chi connectivity index (χ3n) is 3.46. The van der Waals surface area contributed by atoms with Crippen molar-refractivity contribution in [2.45, 2.75) is 26.7 Å². The van der Waals surface area contributed by atoms with Crippen LogP contribution in [0.2, 0.25) is 0 Å². The zero-order valence-corrected chi connectivity index (χ0v) is 9.96. The van der Waals surface area contributed by atoms with Crippen molar-refractivity contribution in [2.75, 3.05) is 0 Å². The zero-order chi connectivity index (χ0) is 12.6. The number of carbonyl (C=O) groups is 1. The van der Waals surface area contributed by atoms with Gasteiger partial charge >= 0.3 is 5.97 Å². The molecular weight excluding hydrogens is 219 g/mol. The summed E-state index contributed by atoms with van der Waals surface area (Å²) in [5, 5.41) is 9.18. The molecule has 0 heterocycles. The fourth-order valence-electron chi connectivity index (χ4n) is 2.11. The van der Waals surface area contributed by atoms with Crippen LogP contribution in [-0.2, 0) is 11.2 Å². The topological polar surface area (TPSA) is 37.3 Å². The van der Waals surface area contributed by atoms with Gasteiger partial charge in [-0.05, 0) is 38.3 Å². The highest BCUT2D eigenvalue weighted by Crippen LogP contribution is 2.36. The maximum atomic E-state index is 13.6. The summed E-state index contributed by atoms with van der Waals surface area (Å²) in [5.74, 6) is -1.15. The van der Waals surface area contributed by atoms with E-state index in [-0.39, 0.29) is 5.82 Å². The summed E-state index contributed by atoms with van der Waals surface area (Å²) in [7, 11) is 0. The molecule has 0 radical (unpaired) electrons. The average Bonchev–Trinajstić information content (AvgIpc) is 2.29. The van der Waals surface area contributed by atoms with E-state index in [0.29, 0.717) is 18.4 Å². The average molecular weight is 234 g/mol. The molecule has 1 aromatic carbocycles. The summed E-state index contributed by atoms with van der Waals surface area (Å²) in [6.45, 7) is 3.32. The van der Waals surface area contributed by atoms with Crippen LogP contribution in [0.4, 0.5) is 4.39 Å². The van der Waals surface area contributed by atoms with Gasteiger partial charge in [0.05, 0.1) is 5.41 Å². The number of aryl methyl sites for hydroxylation is 1. The molecule has 0 atom stereocenters. The summed E-state index contributed by atoms with van der Waals surface area (Å²) < 4.78 is 13.6. The van der Waals surface area contributed by atoms with Crippen LogP contribution in [0.1, 0.15) is 31.4 Å². The lowest BCUT2D eigenvalue weighted by atomic mass is 9.77. The van der Waals surface area contributed by atoms with E-state index in [1.54, 1.807) is 26.0 Å². The number of hydrogen-bond donors (Lipinski definition) is 1. The number of hydrogen-bond acceptors (Lipinski definition) is 1. The van der Waals surface area contributed by atoms with E-state index in [1.165, 1.54) is 6.07 Å². The first kappa shape index (κ1) is 11.8. The van der Waals surface area contributed by atoms with Crippen molar-refractivity contribution in [3.05, 3.63) is 40.7 Å². The largest absolute Gasteiger partial charge is 0.481 e. The predicted octanol–water partition coefficient (Wildman–Crippen LogP) is 3.27. The lowest BCUT2D eigenvalue weighted by Gasteiger charge is -2.27.